The van der Waals surface area contributed by atoms with Crippen molar-refractivity contribution in [3.63, 3.8) is 0 Å². The normalized spacial score (nSPS) is 10.7. The molecule has 0 fully saturated rings. The fourth-order valence-corrected chi connectivity index (χ4v) is 2.63. The molecule has 0 aliphatic carbocycles. The van der Waals surface area contributed by atoms with E-state index in [1.807, 2.05) is 11.3 Å². The monoisotopic (exact) mass is 219 g/mol. The molecule has 1 nitrogen and oxygen atoms in total. The van der Waals surface area contributed by atoms with Crippen LogP contribution in [-0.2, 0) is 0 Å². The van der Waals surface area contributed by atoms with Crippen LogP contribution in [0.5, 0.6) is 0 Å². The zero-order valence-electron chi connectivity index (χ0n) is 9.12. The van der Waals surface area contributed by atoms with Crippen molar-refractivity contribution in [2.24, 2.45) is 0 Å². The minimum atomic E-state index is 1.09. The molecule has 2 rings (SSSR count). The number of nitrogens with one attached hydrogen (secondary N) is 1. The van der Waals surface area contributed by atoms with Crippen LogP contribution in [0.2, 0.25) is 0 Å². The lowest BCUT2D eigenvalue weighted by atomic mass is 10.2. The molecule has 0 saturated heterocycles. The van der Waals surface area contributed by atoms with Crippen LogP contribution in [0.25, 0.3) is 10.1 Å². The highest BCUT2D eigenvalue weighted by molar-refractivity contribution is 7.17. The van der Waals surface area contributed by atoms with Crippen LogP contribution < -0.4 is 5.32 Å². The van der Waals surface area contributed by atoms with Crippen molar-refractivity contribution in [1.82, 2.24) is 0 Å². The molecule has 0 aliphatic heterocycles. The van der Waals surface area contributed by atoms with Crippen LogP contribution in [0.4, 0.5) is 5.69 Å². The van der Waals surface area contributed by atoms with Crippen molar-refractivity contribution in [2.45, 2.75) is 26.2 Å². The molecule has 0 radical (unpaired) electrons. The lowest BCUT2D eigenvalue weighted by Gasteiger charge is -2.03. The number of unbranched alkanes of at least 4 members (excludes halogenated alkanes) is 2. The zero-order chi connectivity index (χ0) is 10.5. The topological polar surface area (TPSA) is 12.0 Å². The van der Waals surface area contributed by atoms with Gasteiger partial charge in [-0.3, -0.25) is 0 Å². The lowest BCUT2D eigenvalue weighted by Crippen LogP contribution is -1.99. The maximum atomic E-state index is 3.51. The van der Waals surface area contributed by atoms with Gasteiger partial charge in [0.15, 0.2) is 0 Å². The molecule has 0 spiro atoms. The number of benzene rings is 1. The standard InChI is InChI=1S/C13H17NS/c1-2-3-6-9-14-12-10-15-13-8-5-4-7-11(12)13/h4-5,7-8,10,14H,2-3,6,9H2,1H3. The Balaban J connectivity index is 2.02. The van der Waals surface area contributed by atoms with Gasteiger partial charge in [0.05, 0.1) is 5.69 Å². The maximum absolute atomic E-state index is 3.51. The quantitative estimate of drug-likeness (QED) is 0.730. The van der Waals surface area contributed by atoms with Crippen LogP contribution in [0.3, 0.4) is 0 Å². The molecular formula is C13H17NS. The molecule has 2 aromatic rings. The third-order valence-electron chi connectivity index (χ3n) is 2.58. The van der Waals surface area contributed by atoms with E-state index in [9.17, 15) is 0 Å². The molecule has 1 aromatic carbocycles. The minimum Gasteiger partial charge on any atom is -0.384 e. The lowest BCUT2D eigenvalue weighted by molar-refractivity contribution is 0.744. The van der Waals surface area contributed by atoms with Crippen molar-refractivity contribution in [3.05, 3.63) is 29.6 Å². The molecule has 0 saturated carbocycles. The van der Waals surface area contributed by atoms with Crippen molar-refractivity contribution < 1.29 is 0 Å². The van der Waals surface area contributed by atoms with E-state index in [1.54, 1.807) is 0 Å². The van der Waals surface area contributed by atoms with E-state index in [2.05, 4.69) is 41.9 Å². The summed E-state index contributed by atoms with van der Waals surface area (Å²) in [5, 5.41) is 7.09. The van der Waals surface area contributed by atoms with Crippen LogP contribution in [0, 0.1) is 0 Å². The second-order valence-electron chi connectivity index (χ2n) is 3.78. The summed E-state index contributed by atoms with van der Waals surface area (Å²) in [7, 11) is 0. The van der Waals surface area contributed by atoms with Crippen molar-refractivity contribution in [1.29, 1.82) is 0 Å². The van der Waals surface area contributed by atoms with Crippen molar-refractivity contribution in [2.75, 3.05) is 11.9 Å². The van der Waals surface area contributed by atoms with E-state index in [1.165, 1.54) is 35.0 Å². The fraction of sp³-hybridized carbons (Fsp3) is 0.385. The second-order valence-corrected chi connectivity index (χ2v) is 4.69. The molecule has 0 bridgehead atoms. The van der Waals surface area contributed by atoms with Crippen molar-refractivity contribution >= 4 is 27.1 Å². The fourth-order valence-electron chi connectivity index (χ4n) is 1.71. The van der Waals surface area contributed by atoms with Crippen LogP contribution in [-0.4, -0.2) is 6.54 Å². The van der Waals surface area contributed by atoms with Crippen LogP contribution in [0.15, 0.2) is 29.6 Å². The summed E-state index contributed by atoms with van der Waals surface area (Å²) in [4.78, 5) is 0. The molecule has 0 amide bonds. The van der Waals surface area contributed by atoms with Gasteiger partial charge >= 0.3 is 0 Å². The molecule has 80 valence electrons. The maximum Gasteiger partial charge on any atom is 0.0528 e. The average molecular weight is 219 g/mol. The summed E-state index contributed by atoms with van der Waals surface area (Å²) in [6.07, 6.45) is 3.86. The summed E-state index contributed by atoms with van der Waals surface area (Å²) < 4.78 is 1.37. The Morgan fingerprint density at radius 3 is 2.93 bits per heavy atom. The highest BCUT2D eigenvalue weighted by Gasteiger charge is 2.01. The Morgan fingerprint density at radius 1 is 1.20 bits per heavy atom. The predicted molar refractivity (Wildman–Crippen MR) is 69.8 cm³/mol. The zero-order valence-corrected chi connectivity index (χ0v) is 9.94. The van der Waals surface area contributed by atoms with Gasteiger partial charge < -0.3 is 5.32 Å². The Hall–Kier alpha value is -1.02. The van der Waals surface area contributed by atoms with E-state index in [-0.39, 0.29) is 0 Å². The molecule has 0 unspecified atom stereocenters. The van der Waals surface area contributed by atoms with Gasteiger partial charge in [-0.15, -0.1) is 11.3 Å². The summed E-state index contributed by atoms with van der Waals surface area (Å²) in [5.74, 6) is 0. The number of thiophene rings is 1. The van der Waals surface area contributed by atoms with Crippen molar-refractivity contribution in [3.8, 4) is 0 Å². The summed E-state index contributed by atoms with van der Waals surface area (Å²) in [6.45, 7) is 3.33. The van der Waals surface area contributed by atoms with Crippen LogP contribution in [0.1, 0.15) is 26.2 Å². The Kier molecular flexibility index (Phi) is 3.62. The highest BCUT2D eigenvalue weighted by atomic mass is 32.1. The van der Waals surface area contributed by atoms with Gasteiger partial charge in [0.1, 0.15) is 0 Å². The predicted octanol–water partition coefficient (Wildman–Crippen LogP) is 4.50. The first-order valence-corrected chi connectivity index (χ1v) is 6.50. The number of rotatable bonds is 5. The average Bonchev–Trinajstić information content (AvgIpc) is 2.68. The number of hydrogen-bond donors (Lipinski definition) is 1. The third-order valence-corrected chi connectivity index (χ3v) is 3.54. The summed E-state index contributed by atoms with van der Waals surface area (Å²) in [5.41, 5.74) is 1.30. The second kappa shape index (κ2) is 5.17. The van der Waals surface area contributed by atoms with Gasteiger partial charge in [-0.05, 0) is 12.5 Å². The molecule has 1 N–H and O–H groups in total. The first-order valence-electron chi connectivity index (χ1n) is 5.62. The minimum absolute atomic E-state index is 1.09. The molecule has 0 atom stereocenters. The van der Waals surface area contributed by atoms with E-state index < -0.39 is 0 Å². The molecule has 15 heavy (non-hydrogen) atoms. The largest absolute Gasteiger partial charge is 0.384 e. The summed E-state index contributed by atoms with van der Waals surface area (Å²) >= 11 is 1.82. The van der Waals surface area contributed by atoms with Crippen LogP contribution >= 0.6 is 11.3 Å². The van der Waals surface area contributed by atoms with E-state index in [0.717, 1.165) is 6.54 Å². The first kappa shape index (κ1) is 10.5. The Labute approximate surface area is 95.1 Å². The third kappa shape index (κ3) is 2.51. The summed E-state index contributed by atoms with van der Waals surface area (Å²) in [6, 6.07) is 8.57. The Bertz CT molecular complexity index is 419. The number of anilines is 1. The van der Waals surface area contributed by atoms with Gasteiger partial charge in [0.2, 0.25) is 0 Å². The SMILES string of the molecule is CCCCCNc1csc2ccccc12. The highest BCUT2D eigenvalue weighted by Crippen LogP contribution is 2.29. The van der Waals surface area contributed by atoms with E-state index >= 15 is 0 Å². The van der Waals surface area contributed by atoms with Gasteiger partial charge in [0, 0.05) is 22.0 Å². The van der Waals surface area contributed by atoms with Gasteiger partial charge in [-0.1, -0.05) is 38.0 Å². The Morgan fingerprint density at radius 2 is 2.07 bits per heavy atom. The molecule has 1 aromatic heterocycles. The van der Waals surface area contributed by atoms with Gasteiger partial charge in [-0.2, -0.15) is 0 Å². The van der Waals surface area contributed by atoms with E-state index in [0.29, 0.717) is 0 Å². The smallest absolute Gasteiger partial charge is 0.0528 e. The van der Waals surface area contributed by atoms with Gasteiger partial charge in [0.25, 0.3) is 0 Å². The molecular weight excluding hydrogens is 202 g/mol. The van der Waals surface area contributed by atoms with E-state index in [4.69, 9.17) is 0 Å². The number of hydrogen-bond acceptors (Lipinski definition) is 2. The van der Waals surface area contributed by atoms with Gasteiger partial charge in [-0.25, -0.2) is 0 Å². The molecule has 1 heterocycles. The molecule has 0 aliphatic rings. The number of fused-ring (bicyclic) bond motifs is 1. The first-order chi connectivity index (χ1) is 7.42. The molecule has 2 heteroatoms.